The van der Waals surface area contributed by atoms with E-state index in [4.69, 9.17) is 5.73 Å². The molecule has 168 valence electrons. The van der Waals surface area contributed by atoms with Crippen LogP contribution in [0.1, 0.15) is 47.9 Å². The summed E-state index contributed by atoms with van der Waals surface area (Å²) in [7, 11) is 0. The number of alkyl halides is 3. The van der Waals surface area contributed by atoms with E-state index in [9.17, 15) is 22.8 Å². The number of carbonyl (C=O) groups is 2. The van der Waals surface area contributed by atoms with Crippen LogP contribution in [0, 0.1) is 6.92 Å². The predicted molar refractivity (Wildman–Crippen MR) is 110 cm³/mol. The number of carbonyl (C=O) groups excluding carboxylic acids is 2. The number of nitrogens with zero attached hydrogens (tertiary/aromatic N) is 2. The van der Waals surface area contributed by atoms with Crippen molar-refractivity contribution in [1.82, 2.24) is 9.47 Å². The summed E-state index contributed by atoms with van der Waals surface area (Å²) < 4.78 is 44.0. The topological polar surface area (TPSA) is 77.6 Å². The third kappa shape index (κ3) is 5.03. The number of hydrogen-bond donors (Lipinski definition) is 1. The summed E-state index contributed by atoms with van der Waals surface area (Å²) in [5.41, 5.74) is 8.38. The summed E-state index contributed by atoms with van der Waals surface area (Å²) in [6.45, 7) is 5.64. The molecule has 1 aliphatic rings. The molecule has 1 aromatic heterocycles. The van der Waals surface area contributed by atoms with Crippen LogP contribution in [0.15, 0.2) is 24.3 Å². The maximum Gasteiger partial charge on any atom is 0.573 e. The maximum atomic E-state index is 12.7. The molecule has 0 aliphatic carbocycles. The van der Waals surface area contributed by atoms with E-state index in [1.807, 2.05) is 16.4 Å². The first-order chi connectivity index (χ1) is 14.6. The number of halogens is 3. The lowest BCUT2D eigenvalue weighted by atomic mass is 9.98. The van der Waals surface area contributed by atoms with Crippen molar-refractivity contribution in [1.29, 1.82) is 0 Å². The van der Waals surface area contributed by atoms with E-state index >= 15 is 0 Å². The lowest BCUT2D eigenvalue weighted by molar-refractivity contribution is -0.274. The van der Waals surface area contributed by atoms with E-state index in [2.05, 4.69) is 4.74 Å². The highest BCUT2D eigenvalue weighted by molar-refractivity contribution is 6.02. The number of nitrogens with two attached hydrogens (primary N) is 1. The minimum atomic E-state index is -4.81. The predicted octanol–water partition coefficient (Wildman–Crippen LogP) is 4.04. The smallest absolute Gasteiger partial charge is 0.406 e. The summed E-state index contributed by atoms with van der Waals surface area (Å²) >= 11 is 0. The van der Waals surface area contributed by atoms with Gasteiger partial charge in [-0.3, -0.25) is 9.59 Å². The van der Waals surface area contributed by atoms with Gasteiger partial charge in [0.15, 0.2) is 0 Å². The van der Waals surface area contributed by atoms with Gasteiger partial charge in [0.25, 0.3) is 5.91 Å². The number of hydrogen-bond acceptors (Lipinski definition) is 3. The first kappa shape index (κ1) is 22.7. The zero-order valence-electron chi connectivity index (χ0n) is 17.6. The molecule has 0 radical (unpaired) electrons. The Bertz CT molecular complexity index is 982. The van der Waals surface area contributed by atoms with Crippen LogP contribution in [0.2, 0.25) is 0 Å². The van der Waals surface area contributed by atoms with Crippen molar-refractivity contribution in [2.45, 2.75) is 52.4 Å². The van der Waals surface area contributed by atoms with Crippen LogP contribution in [-0.4, -0.2) is 40.7 Å². The third-order valence-corrected chi connectivity index (χ3v) is 5.55. The molecule has 1 aromatic carbocycles. The molecule has 31 heavy (non-hydrogen) atoms. The molecule has 1 saturated heterocycles. The Hall–Kier alpha value is -2.97. The number of amides is 2. The van der Waals surface area contributed by atoms with Crippen LogP contribution in [0.25, 0.3) is 11.1 Å². The lowest BCUT2D eigenvalue weighted by Crippen LogP contribution is -2.26. The molecule has 0 saturated carbocycles. The summed E-state index contributed by atoms with van der Waals surface area (Å²) in [4.78, 5) is 25.9. The van der Waals surface area contributed by atoms with Gasteiger partial charge in [0.1, 0.15) is 5.75 Å². The van der Waals surface area contributed by atoms with Crippen molar-refractivity contribution < 1.29 is 27.5 Å². The van der Waals surface area contributed by atoms with Gasteiger partial charge in [-0.1, -0.05) is 19.1 Å². The molecule has 0 atom stereocenters. The molecular formula is C22H26F3N3O3. The van der Waals surface area contributed by atoms with Crippen molar-refractivity contribution >= 4 is 11.8 Å². The molecular weight excluding hydrogens is 411 g/mol. The average Bonchev–Trinajstić information content (AvgIpc) is 3.21. The van der Waals surface area contributed by atoms with Gasteiger partial charge in [-0.2, -0.15) is 0 Å². The van der Waals surface area contributed by atoms with E-state index in [1.165, 1.54) is 18.2 Å². The zero-order valence-corrected chi connectivity index (χ0v) is 17.6. The number of primary amides is 1. The van der Waals surface area contributed by atoms with E-state index < -0.39 is 12.3 Å². The summed E-state index contributed by atoms with van der Waals surface area (Å²) in [6.07, 6.45) is -2.11. The second-order valence-electron chi connectivity index (χ2n) is 7.57. The SMILES string of the molecule is CCc1c(-c2cccc(OC(F)(F)F)c2)c(C(N)=O)c(C)n1CCCN1CCCC1=O. The van der Waals surface area contributed by atoms with Gasteiger partial charge < -0.3 is 19.9 Å². The van der Waals surface area contributed by atoms with Crippen molar-refractivity contribution in [2.75, 3.05) is 13.1 Å². The van der Waals surface area contributed by atoms with E-state index in [-0.39, 0.29) is 11.7 Å². The van der Waals surface area contributed by atoms with Crippen molar-refractivity contribution in [3.63, 3.8) is 0 Å². The molecule has 2 N–H and O–H groups in total. The lowest BCUT2D eigenvalue weighted by Gasteiger charge is -2.17. The average molecular weight is 437 g/mol. The van der Waals surface area contributed by atoms with Crippen LogP contribution in [0.4, 0.5) is 13.2 Å². The number of rotatable bonds is 8. The summed E-state index contributed by atoms with van der Waals surface area (Å²) in [5, 5.41) is 0. The first-order valence-electron chi connectivity index (χ1n) is 10.3. The van der Waals surface area contributed by atoms with Crippen LogP contribution >= 0.6 is 0 Å². The van der Waals surface area contributed by atoms with Crippen LogP contribution < -0.4 is 10.5 Å². The van der Waals surface area contributed by atoms with Gasteiger partial charge in [0, 0.05) is 43.0 Å². The summed E-state index contributed by atoms with van der Waals surface area (Å²) in [5.74, 6) is -0.849. The fraction of sp³-hybridized carbons (Fsp3) is 0.455. The van der Waals surface area contributed by atoms with E-state index in [1.54, 1.807) is 13.0 Å². The highest BCUT2D eigenvalue weighted by Gasteiger charge is 2.31. The highest BCUT2D eigenvalue weighted by atomic mass is 19.4. The molecule has 6 nitrogen and oxygen atoms in total. The van der Waals surface area contributed by atoms with Gasteiger partial charge >= 0.3 is 6.36 Å². The highest BCUT2D eigenvalue weighted by Crippen LogP contribution is 2.36. The van der Waals surface area contributed by atoms with Crippen LogP contribution in [0.5, 0.6) is 5.75 Å². The van der Waals surface area contributed by atoms with Crippen LogP contribution in [-0.2, 0) is 17.8 Å². The fourth-order valence-corrected chi connectivity index (χ4v) is 4.29. The molecule has 2 heterocycles. The molecule has 2 aromatic rings. The first-order valence-corrected chi connectivity index (χ1v) is 10.3. The van der Waals surface area contributed by atoms with Crippen molar-refractivity contribution in [3.8, 4) is 16.9 Å². The zero-order chi connectivity index (χ0) is 22.8. The van der Waals surface area contributed by atoms with Gasteiger partial charge in [0.05, 0.1) is 5.56 Å². The van der Waals surface area contributed by atoms with Crippen molar-refractivity contribution in [2.24, 2.45) is 5.73 Å². The van der Waals surface area contributed by atoms with Gasteiger partial charge in [-0.25, -0.2) is 0 Å². The van der Waals surface area contributed by atoms with Gasteiger partial charge in [-0.05, 0) is 43.9 Å². The largest absolute Gasteiger partial charge is 0.573 e. The van der Waals surface area contributed by atoms with Crippen LogP contribution in [0.3, 0.4) is 0 Å². The molecule has 1 aliphatic heterocycles. The number of benzene rings is 1. The number of aromatic nitrogens is 1. The minimum absolute atomic E-state index is 0.153. The number of ether oxygens (including phenoxy) is 1. The molecule has 0 unspecified atom stereocenters. The Morgan fingerprint density at radius 2 is 2.00 bits per heavy atom. The van der Waals surface area contributed by atoms with E-state index in [0.717, 1.165) is 18.7 Å². The Balaban J connectivity index is 1.96. The Morgan fingerprint density at radius 3 is 2.58 bits per heavy atom. The Kier molecular flexibility index (Phi) is 6.62. The molecule has 1 fully saturated rings. The second-order valence-corrected chi connectivity index (χ2v) is 7.57. The normalized spacial score (nSPS) is 14.4. The molecule has 0 spiro atoms. The van der Waals surface area contributed by atoms with E-state index in [0.29, 0.717) is 54.7 Å². The molecule has 0 bridgehead atoms. The monoisotopic (exact) mass is 437 g/mol. The number of likely N-dealkylation sites (tertiary alicyclic amines) is 1. The molecule has 2 amide bonds. The van der Waals surface area contributed by atoms with Gasteiger partial charge in [0.2, 0.25) is 5.91 Å². The molecule has 9 heteroatoms. The fourth-order valence-electron chi connectivity index (χ4n) is 4.29. The van der Waals surface area contributed by atoms with Crippen molar-refractivity contribution in [3.05, 3.63) is 41.2 Å². The summed E-state index contributed by atoms with van der Waals surface area (Å²) in [6, 6.07) is 5.56. The standard InChI is InChI=1S/C22H26F3N3O3/c1-3-17-20(15-7-4-8-16(13-15)31-22(23,24)25)19(21(26)30)14(2)28(17)12-6-11-27-10-5-9-18(27)29/h4,7-8,13H,3,5-6,9-12H2,1-2H3,(H2,26,30). The quantitative estimate of drug-likeness (QED) is 0.677. The Morgan fingerprint density at radius 1 is 1.26 bits per heavy atom. The minimum Gasteiger partial charge on any atom is -0.406 e. The third-order valence-electron chi connectivity index (χ3n) is 5.55. The molecule has 3 rings (SSSR count). The van der Waals surface area contributed by atoms with Gasteiger partial charge in [-0.15, -0.1) is 13.2 Å². The Labute approximate surface area is 178 Å². The maximum absolute atomic E-state index is 12.7. The second kappa shape index (κ2) is 9.03.